The molecule has 0 aromatic heterocycles. The second-order valence-electron chi connectivity index (χ2n) is 2.37. The van der Waals surface area contributed by atoms with Gasteiger partial charge in [0.05, 0.1) is 0 Å². The molecule has 5 heteroatoms. The van der Waals surface area contributed by atoms with E-state index in [1.165, 1.54) is 0 Å². The average molecular weight is 422 g/mol. The van der Waals surface area contributed by atoms with E-state index in [9.17, 15) is 0 Å². The molecular formula is C7H12Cl4W. The molecule has 0 amide bonds. The van der Waals surface area contributed by atoms with Gasteiger partial charge in [0.2, 0.25) is 0 Å². The zero-order valence-corrected chi connectivity index (χ0v) is 12.7. The van der Waals surface area contributed by atoms with E-state index in [4.69, 9.17) is 37.7 Å². The van der Waals surface area contributed by atoms with Gasteiger partial charge in [-0.25, -0.2) is 0 Å². The van der Waals surface area contributed by atoms with Crippen molar-refractivity contribution in [3.8, 4) is 0 Å². The molecule has 0 aliphatic heterocycles. The van der Waals surface area contributed by atoms with E-state index in [-0.39, 0.29) is 0 Å². The number of hydrogen-bond donors (Lipinski definition) is 0. The molecule has 0 aromatic rings. The fourth-order valence-corrected chi connectivity index (χ4v) is 5.46. The zero-order valence-electron chi connectivity index (χ0n) is 6.77. The van der Waals surface area contributed by atoms with Crippen LogP contribution >= 0.6 is 37.7 Å². The molecule has 0 radical (unpaired) electrons. The van der Waals surface area contributed by atoms with Gasteiger partial charge in [0, 0.05) is 0 Å². The molecule has 0 rings (SSSR count). The Morgan fingerprint density at radius 2 is 1.67 bits per heavy atom. The summed E-state index contributed by atoms with van der Waals surface area (Å²) in [6.07, 6.45) is 6.89. The average Bonchev–Trinajstić information content (AvgIpc) is 1.83. The zero-order chi connectivity index (χ0) is 9.69. The molecular weight excluding hydrogens is 410 g/mol. The minimum absolute atomic E-state index is 0.787. The van der Waals surface area contributed by atoms with E-state index >= 15 is 0 Å². The summed E-state index contributed by atoms with van der Waals surface area (Å²) in [5.41, 5.74) is 0. The Morgan fingerprint density at radius 3 is 2.08 bits per heavy atom. The molecule has 0 N–H and O–H groups in total. The molecule has 0 aromatic carbocycles. The Labute approximate surface area is 89.9 Å². The predicted octanol–water partition coefficient (Wildman–Crippen LogP) is 4.84. The number of halogens is 4. The van der Waals surface area contributed by atoms with Gasteiger partial charge in [0.15, 0.2) is 0 Å². The van der Waals surface area contributed by atoms with E-state index in [1.807, 2.05) is 13.0 Å². The molecule has 0 nitrogen and oxygen atoms in total. The van der Waals surface area contributed by atoms with E-state index in [2.05, 4.69) is 6.08 Å². The normalized spacial score (nSPS) is 15.9. The van der Waals surface area contributed by atoms with Crippen molar-refractivity contribution in [1.82, 2.24) is 0 Å². The summed E-state index contributed by atoms with van der Waals surface area (Å²) in [4.78, 5) is 0. The molecule has 0 saturated carbocycles. The third-order valence-corrected chi connectivity index (χ3v) is 7.96. The van der Waals surface area contributed by atoms with Crippen molar-refractivity contribution in [2.45, 2.75) is 26.2 Å². The van der Waals surface area contributed by atoms with Gasteiger partial charge in [-0.15, -0.1) is 0 Å². The summed E-state index contributed by atoms with van der Waals surface area (Å²) < 4.78 is 1.69. The fourth-order valence-electron chi connectivity index (χ4n) is 0.664. The molecule has 0 bridgehead atoms. The molecule has 0 spiro atoms. The molecule has 0 aliphatic rings. The first-order chi connectivity index (χ1) is 5.31. The van der Waals surface area contributed by atoms with Crippen molar-refractivity contribution < 1.29 is 10.2 Å². The molecule has 12 heavy (non-hydrogen) atoms. The third-order valence-electron chi connectivity index (χ3n) is 1.18. The first-order valence-corrected chi connectivity index (χ1v) is 19.8. The second kappa shape index (κ2) is 5.37. The van der Waals surface area contributed by atoms with Gasteiger partial charge >= 0.3 is 90.6 Å². The summed E-state index contributed by atoms with van der Waals surface area (Å²) in [7, 11) is 18.7. The predicted molar refractivity (Wildman–Crippen MR) is 58.1 cm³/mol. The number of rotatable bonds is 4. The van der Waals surface area contributed by atoms with Crippen LogP contribution in [-0.4, -0.2) is 4.40 Å². The monoisotopic (exact) mass is 420 g/mol. The van der Waals surface area contributed by atoms with Crippen LogP contribution in [0.4, 0.5) is 0 Å². The van der Waals surface area contributed by atoms with Gasteiger partial charge in [-0.2, -0.15) is 0 Å². The Morgan fingerprint density at radius 1 is 1.08 bits per heavy atom. The number of hydrogen-bond acceptors (Lipinski definition) is 0. The first-order valence-electron chi connectivity index (χ1n) is 3.58. The van der Waals surface area contributed by atoms with Crippen LogP contribution in [0.3, 0.4) is 0 Å². The van der Waals surface area contributed by atoms with E-state index in [1.54, 1.807) is 4.40 Å². The second-order valence-corrected chi connectivity index (χ2v) is 37.4. The van der Waals surface area contributed by atoms with Crippen molar-refractivity contribution in [3.05, 3.63) is 12.2 Å². The summed E-state index contributed by atoms with van der Waals surface area (Å²) in [5.74, 6) is 0. The Bertz CT molecular complexity index is 202. The Balaban J connectivity index is 3.77. The summed E-state index contributed by atoms with van der Waals surface area (Å²) >= 11 is 0. The number of allylic oxidation sites excluding steroid dienone is 2. The van der Waals surface area contributed by atoms with Crippen molar-refractivity contribution in [3.63, 3.8) is 0 Å². The van der Waals surface area contributed by atoms with Gasteiger partial charge in [0.25, 0.3) is 0 Å². The molecule has 74 valence electrons. The fraction of sp³-hybridized carbons (Fsp3) is 0.571. The Kier molecular flexibility index (Phi) is 6.02. The van der Waals surface area contributed by atoms with Crippen molar-refractivity contribution in [1.29, 1.82) is 0 Å². The van der Waals surface area contributed by atoms with Crippen LogP contribution in [0, 0.1) is 0 Å². The van der Waals surface area contributed by atoms with Crippen LogP contribution in [-0.2, 0) is 10.2 Å². The summed E-state index contributed by atoms with van der Waals surface area (Å²) in [6.45, 7) is 1.99. The van der Waals surface area contributed by atoms with Crippen LogP contribution < -0.4 is 0 Å². The molecule has 0 heterocycles. The van der Waals surface area contributed by atoms with E-state index in [0.717, 1.165) is 19.3 Å². The molecule has 0 fully saturated rings. The molecule has 0 aliphatic carbocycles. The molecule has 0 saturated heterocycles. The SMILES string of the molecule is C/C=C/CCC[CH]=[W]([Cl])([Cl])([Cl])[Cl]. The van der Waals surface area contributed by atoms with Gasteiger partial charge in [-0.05, 0) is 0 Å². The van der Waals surface area contributed by atoms with E-state index in [0.29, 0.717) is 0 Å². The van der Waals surface area contributed by atoms with Crippen molar-refractivity contribution in [2.75, 3.05) is 0 Å². The van der Waals surface area contributed by atoms with Crippen LogP contribution in [0.25, 0.3) is 0 Å². The van der Waals surface area contributed by atoms with E-state index < -0.39 is 10.2 Å². The van der Waals surface area contributed by atoms with Gasteiger partial charge in [-0.3, -0.25) is 0 Å². The summed E-state index contributed by atoms with van der Waals surface area (Å²) in [5, 5.41) is 0. The maximum atomic E-state index is 5.73. The summed E-state index contributed by atoms with van der Waals surface area (Å²) in [6, 6.07) is 0. The van der Waals surface area contributed by atoms with Crippen molar-refractivity contribution in [2.24, 2.45) is 0 Å². The van der Waals surface area contributed by atoms with Crippen LogP contribution in [0.2, 0.25) is 0 Å². The van der Waals surface area contributed by atoms with Crippen LogP contribution in [0.5, 0.6) is 0 Å². The van der Waals surface area contributed by atoms with Gasteiger partial charge in [-0.1, -0.05) is 0 Å². The van der Waals surface area contributed by atoms with Gasteiger partial charge in [0.1, 0.15) is 0 Å². The molecule has 0 unspecified atom stereocenters. The Hall–Kier alpha value is 1.46. The number of unbranched alkanes of at least 4 members (excludes halogenated alkanes) is 2. The molecule has 0 atom stereocenters. The quantitative estimate of drug-likeness (QED) is 0.450. The maximum absolute atomic E-state index is 5.73. The topological polar surface area (TPSA) is 0 Å². The minimum atomic E-state index is -4.22. The van der Waals surface area contributed by atoms with Crippen molar-refractivity contribution >= 4 is 42.1 Å². The van der Waals surface area contributed by atoms with Crippen LogP contribution in [0.1, 0.15) is 26.2 Å². The standard InChI is InChI=1S/C7H12.4ClH.W/c1-3-5-7-6-4-2;;;;;/h1,4,6H,3,5,7H2,2H3;4*1H;/q;;;;;+4/p-4/b6-4+;;;;;. The third kappa shape index (κ3) is 11.5. The van der Waals surface area contributed by atoms with Gasteiger partial charge < -0.3 is 0 Å². The first kappa shape index (κ1) is 13.5. The van der Waals surface area contributed by atoms with Crippen LogP contribution in [0.15, 0.2) is 12.2 Å².